The number of nitrogens with zero attached hydrogens (tertiary/aromatic N) is 1. The van der Waals surface area contributed by atoms with Crippen molar-refractivity contribution in [2.24, 2.45) is 0 Å². The van der Waals surface area contributed by atoms with E-state index in [4.69, 9.17) is 0 Å². The lowest BCUT2D eigenvalue weighted by molar-refractivity contribution is -0.128. The molecule has 33 heavy (non-hydrogen) atoms. The number of carbonyl (C=O) groups is 2. The average Bonchev–Trinajstić information content (AvgIpc) is 3.24. The van der Waals surface area contributed by atoms with Crippen LogP contribution >= 0.6 is 23.5 Å². The van der Waals surface area contributed by atoms with Crippen LogP contribution in [0.15, 0.2) is 84.9 Å². The van der Waals surface area contributed by atoms with Gasteiger partial charge in [-0.05, 0) is 35.2 Å². The Morgan fingerprint density at radius 2 is 1.61 bits per heavy atom. The lowest BCUT2D eigenvalue weighted by atomic mass is 10.1. The fourth-order valence-corrected chi connectivity index (χ4v) is 5.81. The summed E-state index contributed by atoms with van der Waals surface area (Å²) in [5.74, 6) is 2.44. The molecular weight excluding hydrogens is 448 g/mol. The third kappa shape index (κ3) is 6.65. The van der Waals surface area contributed by atoms with Gasteiger partial charge in [-0.25, -0.2) is 0 Å². The van der Waals surface area contributed by atoms with Crippen molar-refractivity contribution in [1.29, 1.82) is 0 Å². The van der Waals surface area contributed by atoms with Crippen molar-refractivity contribution in [3.63, 3.8) is 0 Å². The molecule has 0 spiro atoms. The van der Waals surface area contributed by atoms with Gasteiger partial charge in [0, 0.05) is 30.2 Å². The van der Waals surface area contributed by atoms with Crippen LogP contribution in [0.3, 0.4) is 0 Å². The van der Waals surface area contributed by atoms with Crippen molar-refractivity contribution < 1.29 is 9.59 Å². The summed E-state index contributed by atoms with van der Waals surface area (Å²) in [7, 11) is 0. The lowest BCUT2D eigenvalue weighted by Gasteiger charge is -2.24. The van der Waals surface area contributed by atoms with E-state index in [1.165, 1.54) is 11.1 Å². The van der Waals surface area contributed by atoms with E-state index in [-0.39, 0.29) is 17.2 Å². The summed E-state index contributed by atoms with van der Waals surface area (Å²) in [6.07, 6.45) is 0.840. The van der Waals surface area contributed by atoms with Crippen molar-refractivity contribution in [1.82, 2.24) is 10.2 Å². The molecule has 0 aromatic heterocycles. The van der Waals surface area contributed by atoms with Crippen molar-refractivity contribution in [3.05, 3.63) is 107 Å². The first-order chi connectivity index (χ1) is 16.2. The first kappa shape index (κ1) is 23.5. The van der Waals surface area contributed by atoms with E-state index in [0.29, 0.717) is 24.4 Å². The smallest absolute Gasteiger partial charge is 0.251 e. The SMILES string of the molecule is O=C(NCCSCc1ccccc1)c1ccc([C@@H]2SCC(=O)N2CCc2ccccc2)cc1. The third-order valence-electron chi connectivity index (χ3n) is 5.55. The molecule has 1 aliphatic heterocycles. The average molecular weight is 477 g/mol. The Morgan fingerprint density at radius 3 is 2.30 bits per heavy atom. The van der Waals surface area contributed by atoms with Crippen molar-refractivity contribution in [3.8, 4) is 0 Å². The molecule has 1 saturated heterocycles. The van der Waals surface area contributed by atoms with Gasteiger partial charge in [0.05, 0.1) is 5.75 Å². The van der Waals surface area contributed by atoms with E-state index in [9.17, 15) is 9.59 Å². The first-order valence-corrected chi connectivity index (χ1v) is 13.4. The Hall–Kier alpha value is -2.70. The van der Waals surface area contributed by atoms with Crippen LogP contribution in [-0.4, -0.2) is 41.3 Å². The summed E-state index contributed by atoms with van der Waals surface area (Å²) in [5, 5.41) is 3.01. The maximum absolute atomic E-state index is 12.5. The number of thioether (sulfide) groups is 2. The normalized spacial score (nSPS) is 15.6. The summed E-state index contributed by atoms with van der Waals surface area (Å²) in [6.45, 7) is 1.34. The molecule has 0 radical (unpaired) electrons. The number of amides is 2. The van der Waals surface area contributed by atoms with Crippen LogP contribution < -0.4 is 5.32 Å². The number of hydrogen-bond acceptors (Lipinski definition) is 4. The van der Waals surface area contributed by atoms with Gasteiger partial charge < -0.3 is 10.2 Å². The minimum absolute atomic E-state index is 0.00714. The molecule has 4 nitrogen and oxygen atoms in total. The van der Waals surface area contributed by atoms with Crippen LogP contribution in [0.2, 0.25) is 0 Å². The summed E-state index contributed by atoms with van der Waals surface area (Å²) < 4.78 is 0. The molecule has 3 aromatic carbocycles. The molecule has 170 valence electrons. The van der Waals surface area contributed by atoms with Crippen LogP contribution in [0.1, 0.15) is 32.4 Å². The monoisotopic (exact) mass is 476 g/mol. The Bertz CT molecular complexity index is 1040. The first-order valence-electron chi connectivity index (χ1n) is 11.2. The molecule has 3 aromatic rings. The topological polar surface area (TPSA) is 49.4 Å². The second-order valence-corrected chi connectivity index (χ2v) is 10.1. The van der Waals surface area contributed by atoms with Gasteiger partial charge in [-0.3, -0.25) is 9.59 Å². The predicted octanol–water partition coefficient (Wildman–Crippen LogP) is 5.17. The van der Waals surface area contributed by atoms with Gasteiger partial charge in [0.25, 0.3) is 5.91 Å². The van der Waals surface area contributed by atoms with Crippen LogP contribution in [-0.2, 0) is 17.0 Å². The highest BCUT2D eigenvalue weighted by molar-refractivity contribution is 8.00. The van der Waals surface area contributed by atoms with Gasteiger partial charge in [-0.15, -0.1) is 11.8 Å². The molecule has 0 saturated carbocycles. The Morgan fingerprint density at radius 1 is 0.939 bits per heavy atom. The van der Waals surface area contributed by atoms with Gasteiger partial charge >= 0.3 is 0 Å². The quantitative estimate of drug-likeness (QED) is 0.410. The second-order valence-electron chi connectivity index (χ2n) is 7.90. The van der Waals surface area contributed by atoms with E-state index in [0.717, 1.165) is 23.5 Å². The molecule has 0 aliphatic carbocycles. The maximum atomic E-state index is 12.5. The minimum Gasteiger partial charge on any atom is -0.351 e. The fourth-order valence-electron chi connectivity index (χ4n) is 3.77. The number of hydrogen-bond donors (Lipinski definition) is 1. The van der Waals surface area contributed by atoms with Crippen molar-refractivity contribution in [2.75, 3.05) is 24.6 Å². The van der Waals surface area contributed by atoms with E-state index < -0.39 is 0 Å². The molecule has 0 unspecified atom stereocenters. The molecule has 4 rings (SSSR count). The van der Waals surface area contributed by atoms with Crippen LogP contribution in [0.25, 0.3) is 0 Å². The third-order valence-corrected chi connectivity index (χ3v) is 7.84. The lowest BCUT2D eigenvalue weighted by Crippen LogP contribution is -2.30. The van der Waals surface area contributed by atoms with Crippen LogP contribution in [0, 0.1) is 0 Å². The molecule has 1 N–H and O–H groups in total. The number of benzene rings is 3. The predicted molar refractivity (Wildman–Crippen MR) is 138 cm³/mol. The summed E-state index contributed by atoms with van der Waals surface area (Å²) in [6, 6.07) is 28.3. The van der Waals surface area contributed by atoms with Crippen LogP contribution in [0.4, 0.5) is 0 Å². The summed E-state index contributed by atoms with van der Waals surface area (Å²) in [5.41, 5.74) is 4.24. The Balaban J connectivity index is 1.26. The molecule has 2 amide bonds. The zero-order chi connectivity index (χ0) is 22.9. The zero-order valence-corrected chi connectivity index (χ0v) is 20.1. The van der Waals surface area contributed by atoms with Crippen LogP contribution in [0.5, 0.6) is 0 Å². The second kappa shape index (κ2) is 12.0. The van der Waals surface area contributed by atoms with Crippen molar-refractivity contribution >= 4 is 35.3 Å². The van der Waals surface area contributed by atoms with E-state index in [1.54, 1.807) is 11.8 Å². The number of nitrogens with one attached hydrogen (secondary N) is 1. The van der Waals surface area contributed by atoms with E-state index in [1.807, 2.05) is 77.3 Å². The number of rotatable bonds is 10. The van der Waals surface area contributed by atoms with Crippen molar-refractivity contribution in [2.45, 2.75) is 17.5 Å². The molecule has 1 heterocycles. The molecule has 6 heteroatoms. The van der Waals surface area contributed by atoms with Gasteiger partial charge in [-0.1, -0.05) is 72.8 Å². The summed E-state index contributed by atoms with van der Waals surface area (Å²) >= 11 is 3.46. The highest BCUT2D eigenvalue weighted by atomic mass is 32.2. The maximum Gasteiger partial charge on any atom is 0.251 e. The number of carbonyl (C=O) groups excluding carboxylic acids is 2. The van der Waals surface area contributed by atoms with Gasteiger partial charge in [0.1, 0.15) is 5.37 Å². The molecule has 0 bridgehead atoms. The largest absolute Gasteiger partial charge is 0.351 e. The van der Waals surface area contributed by atoms with Gasteiger partial charge in [0.15, 0.2) is 0 Å². The molecule has 1 atom stereocenters. The van der Waals surface area contributed by atoms with Gasteiger partial charge in [0.2, 0.25) is 5.91 Å². The summed E-state index contributed by atoms with van der Waals surface area (Å²) in [4.78, 5) is 26.9. The minimum atomic E-state index is -0.0575. The highest BCUT2D eigenvalue weighted by Gasteiger charge is 2.32. The van der Waals surface area contributed by atoms with E-state index in [2.05, 4.69) is 29.6 Å². The van der Waals surface area contributed by atoms with Gasteiger partial charge in [-0.2, -0.15) is 11.8 Å². The molecule has 1 fully saturated rings. The standard InChI is InChI=1S/C27H28N2O2S2/c30-25-20-33-27(29(25)17-15-21-7-3-1-4-8-21)24-13-11-23(12-14-24)26(31)28-16-18-32-19-22-9-5-2-6-10-22/h1-14,27H,15-20H2,(H,28,31)/t27-/m0/s1. The highest BCUT2D eigenvalue weighted by Crippen LogP contribution is 2.38. The Kier molecular flexibility index (Phi) is 8.50. The Labute approximate surface area is 204 Å². The fraction of sp³-hybridized carbons (Fsp3) is 0.259. The molecular formula is C27H28N2O2S2. The zero-order valence-electron chi connectivity index (χ0n) is 18.5. The van der Waals surface area contributed by atoms with E-state index >= 15 is 0 Å². The molecule has 1 aliphatic rings.